The van der Waals surface area contributed by atoms with Gasteiger partial charge in [0.15, 0.2) is 0 Å². The van der Waals surface area contributed by atoms with Crippen LogP contribution in [-0.4, -0.2) is 18.9 Å². The number of likely N-dealkylation sites (N-methyl/N-ethyl adjacent to an activating group) is 1. The van der Waals surface area contributed by atoms with Crippen molar-refractivity contribution in [2.45, 2.75) is 6.54 Å². The van der Waals surface area contributed by atoms with Gasteiger partial charge in [0.2, 0.25) is 0 Å². The van der Waals surface area contributed by atoms with Gasteiger partial charge in [0.25, 0.3) is 0 Å². The molecular weight excluding hydrogens is 216 g/mol. The molecule has 0 heterocycles. The van der Waals surface area contributed by atoms with Crippen LogP contribution < -0.4 is 10.6 Å². The van der Waals surface area contributed by atoms with Gasteiger partial charge in [-0.2, -0.15) is 0 Å². The van der Waals surface area contributed by atoms with Crippen LogP contribution in [0.5, 0.6) is 0 Å². The third-order valence-corrected chi connectivity index (χ3v) is 2.05. The largest absolute Gasteiger partial charge is 0.351 e. The standard InChI is InChI=1S/C10H11ClN2O2/c1-12-9(14)10(15)13-6-7-2-4-8(11)5-3-7/h2-5H,6H2,1H3,(H,12,14)(H,13,15). The SMILES string of the molecule is CNC(=O)C(=O)NCc1ccc(Cl)cc1. The highest BCUT2D eigenvalue weighted by Crippen LogP contribution is 2.08. The zero-order valence-electron chi connectivity index (χ0n) is 8.21. The first-order valence-electron chi connectivity index (χ1n) is 4.38. The molecule has 0 aromatic heterocycles. The molecule has 2 amide bonds. The molecule has 1 rings (SSSR count). The third-order valence-electron chi connectivity index (χ3n) is 1.80. The summed E-state index contributed by atoms with van der Waals surface area (Å²) in [5.41, 5.74) is 0.886. The van der Waals surface area contributed by atoms with Crippen LogP contribution in [0.4, 0.5) is 0 Å². The van der Waals surface area contributed by atoms with Crippen LogP contribution in [0.15, 0.2) is 24.3 Å². The molecule has 0 aliphatic rings. The van der Waals surface area contributed by atoms with E-state index in [1.54, 1.807) is 24.3 Å². The maximum absolute atomic E-state index is 11.1. The van der Waals surface area contributed by atoms with Crippen LogP contribution in [0.3, 0.4) is 0 Å². The number of benzene rings is 1. The van der Waals surface area contributed by atoms with Crippen molar-refractivity contribution in [3.63, 3.8) is 0 Å². The molecule has 0 spiro atoms. The zero-order chi connectivity index (χ0) is 11.3. The molecule has 4 nitrogen and oxygen atoms in total. The maximum atomic E-state index is 11.1. The summed E-state index contributed by atoms with van der Waals surface area (Å²) >= 11 is 5.70. The number of amides is 2. The molecular formula is C10H11ClN2O2. The Morgan fingerprint density at radius 2 is 1.80 bits per heavy atom. The lowest BCUT2D eigenvalue weighted by Crippen LogP contribution is -2.37. The lowest BCUT2D eigenvalue weighted by atomic mass is 10.2. The lowest BCUT2D eigenvalue weighted by molar-refractivity contribution is -0.139. The summed E-state index contributed by atoms with van der Waals surface area (Å²) in [6.45, 7) is 0.309. The van der Waals surface area contributed by atoms with Crippen LogP contribution in [0, 0.1) is 0 Å². The number of carbonyl (C=O) groups is 2. The van der Waals surface area contributed by atoms with E-state index in [1.807, 2.05) is 0 Å². The number of hydrogen-bond donors (Lipinski definition) is 2. The first-order chi connectivity index (χ1) is 7.13. The summed E-state index contributed by atoms with van der Waals surface area (Å²) in [5, 5.41) is 5.35. The summed E-state index contributed by atoms with van der Waals surface area (Å²) < 4.78 is 0. The van der Waals surface area contributed by atoms with Gasteiger partial charge in [0.1, 0.15) is 0 Å². The minimum absolute atomic E-state index is 0.309. The number of rotatable bonds is 2. The molecule has 0 atom stereocenters. The minimum atomic E-state index is -0.649. The Hall–Kier alpha value is -1.55. The molecule has 80 valence electrons. The van der Waals surface area contributed by atoms with Crippen LogP contribution in [-0.2, 0) is 16.1 Å². The van der Waals surface area contributed by atoms with Crippen molar-refractivity contribution in [3.8, 4) is 0 Å². The van der Waals surface area contributed by atoms with Gasteiger partial charge < -0.3 is 10.6 Å². The van der Waals surface area contributed by atoms with Crippen LogP contribution >= 0.6 is 11.6 Å². The summed E-state index contributed by atoms with van der Waals surface area (Å²) in [7, 11) is 1.41. The predicted octanol–water partition coefficient (Wildman–Crippen LogP) is 0.702. The molecule has 0 fully saturated rings. The molecule has 0 saturated heterocycles. The number of carbonyl (C=O) groups excluding carboxylic acids is 2. The highest BCUT2D eigenvalue weighted by Gasteiger charge is 2.09. The molecule has 0 aliphatic carbocycles. The average Bonchev–Trinajstić information content (AvgIpc) is 2.26. The fraction of sp³-hybridized carbons (Fsp3) is 0.200. The van der Waals surface area contributed by atoms with Gasteiger partial charge in [-0.1, -0.05) is 23.7 Å². The van der Waals surface area contributed by atoms with E-state index in [0.717, 1.165) is 5.56 Å². The van der Waals surface area contributed by atoms with E-state index in [9.17, 15) is 9.59 Å². The maximum Gasteiger partial charge on any atom is 0.309 e. The van der Waals surface area contributed by atoms with Gasteiger partial charge in [0, 0.05) is 18.6 Å². The smallest absolute Gasteiger partial charge is 0.309 e. The van der Waals surface area contributed by atoms with E-state index >= 15 is 0 Å². The van der Waals surface area contributed by atoms with Crippen LogP contribution in [0.2, 0.25) is 5.02 Å². The third kappa shape index (κ3) is 3.59. The normalized spacial score (nSPS) is 9.47. The summed E-state index contributed by atoms with van der Waals surface area (Å²) in [6, 6.07) is 7.02. The molecule has 5 heteroatoms. The Balaban J connectivity index is 2.47. The van der Waals surface area contributed by atoms with E-state index in [-0.39, 0.29) is 0 Å². The number of halogens is 1. The highest BCUT2D eigenvalue weighted by molar-refractivity contribution is 6.35. The van der Waals surface area contributed by atoms with Gasteiger partial charge >= 0.3 is 11.8 Å². The Morgan fingerprint density at radius 1 is 1.20 bits per heavy atom. The van der Waals surface area contributed by atoms with E-state index < -0.39 is 11.8 Å². The number of hydrogen-bond acceptors (Lipinski definition) is 2. The van der Waals surface area contributed by atoms with E-state index in [1.165, 1.54) is 7.05 Å². The Labute approximate surface area is 92.6 Å². The first-order valence-corrected chi connectivity index (χ1v) is 4.75. The fourth-order valence-corrected chi connectivity index (χ4v) is 1.10. The zero-order valence-corrected chi connectivity index (χ0v) is 8.97. The molecule has 1 aromatic rings. The highest BCUT2D eigenvalue weighted by atomic mass is 35.5. The van der Waals surface area contributed by atoms with Gasteiger partial charge in [0.05, 0.1) is 0 Å². The first kappa shape index (κ1) is 11.5. The Morgan fingerprint density at radius 3 is 2.33 bits per heavy atom. The van der Waals surface area contributed by atoms with Gasteiger partial charge in [-0.3, -0.25) is 9.59 Å². The molecule has 0 aliphatic heterocycles. The molecule has 0 radical (unpaired) electrons. The molecule has 0 bridgehead atoms. The van der Waals surface area contributed by atoms with Gasteiger partial charge in [-0.05, 0) is 17.7 Å². The number of nitrogens with one attached hydrogen (secondary N) is 2. The van der Waals surface area contributed by atoms with E-state index in [2.05, 4.69) is 10.6 Å². The summed E-state index contributed by atoms with van der Waals surface area (Å²) in [6.07, 6.45) is 0. The quantitative estimate of drug-likeness (QED) is 0.730. The topological polar surface area (TPSA) is 58.2 Å². The van der Waals surface area contributed by atoms with Gasteiger partial charge in [-0.25, -0.2) is 0 Å². The van der Waals surface area contributed by atoms with Crippen molar-refractivity contribution in [1.82, 2.24) is 10.6 Å². The van der Waals surface area contributed by atoms with Crippen LogP contribution in [0.25, 0.3) is 0 Å². The van der Waals surface area contributed by atoms with E-state index in [0.29, 0.717) is 11.6 Å². The summed E-state index contributed by atoms with van der Waals surface area (Å²) in [5.74, 6) is -1.29. The average molecular weight is 227 g/mol. The predicted molar refractivity (Wildman–Crippen MR) is 57.4 cm³/mol. The minimum Gasteiger partial charge on any atom is -0.351 e. The molecule has 0 saturated carbocycles. The molecule has 15 heavy (non-hydrogen) atoms. The Bertz CT molecular complexity index is 362. The van der Waals surface area contributed by atoms with Crippen molar-refractivity contribution in [2.24, 2.45) is 0 Å². The van der Waals surface area contributed by atoms with Crippen LogP contribution in [0.1, 0.15) is 5.56 Å². The molecule has 2 N–H and O–H groups in total. The monoisotopic (exact) mass is 226 g/mol. The second kappa shape index (κ2) is 5.36. The second-order valence-corrected chi connectivity index (χ2v) is 3.32. The molecule has 1 aromatic carbocycles. The van der Waals surface area contributed by atoms with Crippen molar-refractivity contribution >= 4 is 23.4 Å². The van der Waals surface area contributed by atoms with Crippen molar-refractivity contribution in [2.75, 3.05) is 7.05 Å². The van der Waals surface area contributed by atoms with Crippen molar-refractivity contribution in [3.05, 3.63) is 34.9 Å². The lowest BCUT2D eigenvalue weighted by Gasteiger charge is -2.03. The molecule has 0 unspecified atom stereocenters. The van der Waals surface area contributed by atoms with Crippen molar-refractivity contribution in [1.29, 1.82) is 0 Å². The fourth-order valence-electron chi connectivity index (χ4n) is 0.978. The van der Waals surface area contributed by atoms with Crippen molar-refractivity contribution < 1.29 is 9.59 Å². The second-order valence-electron chi connectivity index (χ2n) is 2.89. The van der Waals surface area contributed by atoms with E-state index in [4.69, 9.17) is 11.6 Å². The summed E-state index contributed by atoms with van der Waals surface area (Å²) in [4.78, 5) is 21.9. The van der Waals surface area contributed by atoms with Gasteiger partial charge in [-0.15, -0.1) is 0 Å². The Kier molecular flexibility index (Phi) is 4.12.